The molecule has 0 aromatic carbocycles. The molecule has 2 rings (SSSR count). The number of amides is 1. The van der Waals surface area contributed by atoms with Gasteiger partial charge in [-0.25, -0.2) is 0 Å². The third-order valence-electron chi connectivity index (χ3n) is 3.23. The molecule has 1 aromatic rings. The fourth-order valence-corrected chi connectivity index (χ4v) is 3.47. The molecule has 112 valence electrons. The summed E-state index contributed by atoms with van der Waals surface area (Å²) in [6, 6.07) is 2.74. The number of carboxylic acids is 1. The highest BCUT2D eigenvalue weighted by Crippen LogP contribution is 2.34. The quantitative estimate of drug-likeness (QED) is 0.601. The summed E-state index contributed by atoms with van der Waals surface area (Å²) < 4.78 is 2.14. The van der Waals surface area contributed by atoms with Crippen molar-refractivity contribution in [3.63, 3.8) is 0 Å². The van der Waals surface area contributed by atoms with Crippen molar-refractivity contribution in [2.24, 2.45) is 7.05 Å². The van der Waals surface area contributed by atoms with E-state index in [0.717, 1.165) is 22.4 Å². The first kappa shape index (κ1) is 15.8. The summed E-state index contributed by atoms with van der Waals surface area (Å²) in [5.74, 6) is -1.64. The Morgan fingerprint density at radius 1 is 1.57 bits per heavy atom. The molecule has 1 fully saturated rings. The van der Waals surface area contributed by atoms with E-state index in [0.29, 0.717) is 17.7 Å². The molecule has 1 aliphatic heterocycles. The summed E-state index contributed by atoms with van der Waals surface area (Å²) in [4.78, 5) is 25.3. The summed E-state index contributed by atoms with van der Waals surface area (Å²) in [7, 11) is 1.87. The van der Waals surface area contributed by atoms with E-state index in [2.05, 4.69) is 0 Å². The van der Waals surface area contributed by atoms with Gasteiger partial charge in [-0.1, -0.05) is 37.3 Å². The van der Waals surface area contributed by atoms with Crippen LogP contribution in [0.5, 0.6) is 0 Å². The lowest BCUT2D eigenvalue weighted by molar-refractivity contribution is -0.310. The maximum absolute atomic E-state index is 12.4. The number of aryl methyl sites for hydroxylation is 1. The molecule has 21 heavy (non-hydrogen) atoms. The van der Waals surface area contributed by atoms with Crippen LogP contribution in [0.25, 0.3) is 6.08 Å². The van der Waals surface area contributed by atoms with Crippen LogP contribution in [0.1, 0.15) is 25.5 Å². The minimum absolute atomic E-state index is 0.267. The van der Waals surface area contributed by atoms with Crippen LogP contribution in [0.3, 0.4) is 0 Å². The second-order valence-corrected chi connectivity index (χ2v) is 6.39. The van der Waals surface area contributed by atoms with Crippen LogP contribution >= 0.6 is 24.0 Å². The second kappa shape index (κ2) is 6.44. The van der Waals surface area contributed by atoms with Crippen molar-refractivity contribution >= 4 is 46.3 Å². The first-order chi connectivity index (χ1) is 9.95. The highest BCUT2D eigenvalue weighted by atomic mass is 32.2. The Kier molecular flexibility index (Phi) is 4.84. The van der Waals surface area contributed by atoms with Crippen molar-refractivity contribution < 1.29 is 14.7 Å². The van der Waals surface area contributed by atoms with E-state index in [9.17, 15) is 14.7 Å². The van der Waals surface area contributed by atoms with Gasteiger partial charge in [-0.15, -0.1) is 0 Å². The van der Waals surface area contributed by atoms with Gasteiger partial charge in [0.2, 0.25) is 0 Å². The van der Waals surface area contributed by atoms with Gasteiger partial charge < -0.3 is 14.5 Å². The van der Waals surface area contributed by atoms with E-state index >= 15 is 0 Å². The number of carbonyl (C=O) groups is 2. The van der Waals surface area contributed by atoms with Gasteiger partial charge in [0.25, 0.3) is 5.91 Å². The Balaban J connectivity index is 2.30. The molecule has 0 N–H and O–H groups in total. The number of thiocarbonyl (C=S) groups is 1. The standard InChI is InChI=1S/C14H16N2O3S2/c1-3-5-10(13(18)19)16-12(17)11(21-14(16)20)8-9-6-4-7-15(9)2/h4,6-8,10H,3,5H2,1-2H3,(H,18,19)/p-1/b11-8-/t10-/m1/s1. The molecular weight excluding hydrogens is 308 g/mol. The molecule has 0 unspecified atom stereocenters. The molecule has 1 aromatic heterocycles. The van der Waals surface area contributed by atoms with Gasteiger partial charge in [0, 0.05) is 18.9 Å². The van der Waals surface area contributed by atoms with Crippen molar-refractivity contribution in [3.8, 4) is 0 Å². The fraction of sp³-hybridized carbons (Fsp3) is 0.357. The molecule has 1 amide bonds. The van der Waals surface area contributed by atoms with Crippen LogP contribution in [0, 0.1) is 0 Å². The van der Waals surface area contributed by atoms with Gasteiger partial charge in [-0.05, 0) is 24.6 Å². The third-order valence-corrected chi connectivity index (χ3v) is 4.56. The number of rotatable bonds is 5. The molecule has 5 nitrogen and oxygen atoms in total. The van der Waals surface area contributed by atoms with Crippen LogP contribution in [0.2, 0.25) is 0 Å². The first-order valence-corrected chi connectivity index (χ1v) is 7.77. The first-order valence-electron chi connectivity index (χ1n) is 6.55. The Morgan fingerprint density at radius 3 is 2.81 bits per heavy atom. The molecule has 0 radical (unpaired) electrons. The zero-order valence-electron chi connectivity index (χ0n) is 11.7. The number of thioether (sulfide) groups is 1. The minimum atomic E-state index is -1.27. The van der Waals surface area contributed by atoms with E-state index in [1.807, 2.05) is 36.9 Å². The molecule has 0 saturated carbocycles. The summed E-state index contributed by atoms with van der Waals surface area (Å²) in [5, 5.41) is 11.2. The zero-order chi connectivity index (χ0) is 15.6. The Labute approximate surface area is 132 Å². The van der Waals surface area contributed by atoms with Crippen LogP contribution in [0.15, 0.2) is 23.2 Å². The summed E-state index contributed by atoms with van der Waals surface area (Å²) in [6.45, 7) is 1.85. The number of hydrogen-bond acceptors (Lipinski definition) is 5. The van der Waals surface area contributed by atoms with Gasteiger partial charge in [-0.3, -0.25) is 9.69 Å². The smallest absolute Gasteiger partial charge is 0.266 e. The van der Waals surface area contributed by atoms with Crippen molar-refractivity contribution in [1.82, 2.24) is 9.47 Å². The molecule has 1 atom stereocenters. The van der Waals surface area contributed by atoms with Crippen molar-refractivity contribution in [1.29, 1.82) is 0 Å². The van der Waals surface area contributed by atoms with Crippen LogP contribution < -0.4 is 5.11 Å². The highest BCUT2D eigenvalue weighted by molar-refractivity contribution is 8.26. The van der Waals surface area contributed by atoms with E-state index in [4.69, 9.17) is 12.2 Å². The number of carbonyl (C=O) groups excluding carboxylic acids is 2. The molecule has 0 bridgehead atoms. The normalized spacial score (nSPS) is 18.6. The number of nitrogens with zero attached hydrogens (tertiary/aromatic N) is 2. The average molecular weight is 323 g/mol. The van der Waals surface area contributed by atoms with Crippen molar-refractivity contribution in [2.45, 2.75) is 25.8 Å². The van der Waals surface area contributed by atoms with E-state index in [1.165, 1.54) is 0 Å². The topological polar surface area (TPSA) is 65.4 Å². The average Bonchev–Trinajstić information content (AvgIpc) is 2.93. The van der Waals surface area contributed by atoms with Gasteiger partial charge in [0.05, 0.1) is 16.9 Å². The SMILES string of the molecule is CCC[C@H](C(=O)[O-])N1C(=O)/C(=C/c2cccn2C)SC1=S. The monoisotopic (exact) mass is 323 g/mol. The largest absolute Gasteiger partial charge is 0.548 e. The maximum Gasteiger partial charge on any atom is 0.266 e. The predicted octanol–water partition coefficient (Wildman–Crippen LogP) is 1.14. The van der Waals surface area contributed by atoms with Gasteiger partial charge in [-0.2, -0.15) is 0 Å². The number of carboxylic acid groups (broad SMARTS) is 1. The minimum Gasteiger partial charge on any atom is -0.548 e. The zero-order valence-corrected chi connectivity index (χ0v) is 13.4. The van der Waals surface area contributed by atoms with Crippen LogP contribution in [-0.4, -0.2) is 31.7 Å². The van der Waals surface area contributed by atoms with Crippen LogP contribution in [-0.2, 0) is 16.6 Å². The van der Waals surface area contributed by atoms with E-state index in [1.54, 1.807) is 6.08 Å². The summed E-state index contributed by atoms with van der Waals surface area (Å²) in [6.07, 6.45) is 4.55. The van der Waals surface area contributed by atoms with Crippen molar-refractivity contribution in [2.75, 3.05) is 0 Å². The van der Waals surface area contributed by atoms with E-state index < -0.39 is 12.0 Å². The number of aromatic nitrogens is 1. The predicted molar refractivity (Wildman–Crippen MR) is 84.1 cm³/mol. The lowest BCUT2D eigenvalue weighted by Crippen LogP contribution is -2.49. The van der Waals surface area contributed by atoms with Gasteiger partial charge >= 0.3 is 0 Å². The molecule has 2 heterocycles. The summed E-state index contributed by atoms with van der Waals surface area (Å²) >= 11 is 6.29. The van der Waals surface area contributed by atoms with Gasteiger partial charge in [0.15, 0.2) is 0 Å². The van der Waals surface area contributed by atoms with Crippen LogP contribution in [0.4, 0.5) is 0 Å². The highest BCUT2D eigenvalue weighted by Gasteiger charge is 2.37. The summed E-state index contributed by atoms with van der Waals surface area (Å²) in [5.41, 5.74) is 0.857. The second-order valence-electron chi connectivity index (χ2n) is 4.72. The lowest BCUT2D eigenvalue weighted by Gasteiger charge is -2.27. The molecule has 7 heteroatoms. The molecule has 0 spiro atoms. The molecular formula is C14H15N2O3S2-. The lowest BCUT2D eigenvalue weighted by atomic mass is 10.1. The van der Waals surface area contributed by atoms with E-state index in [-0.39, 0.29) is 10.2 Å². The van der Waals surface area contributed by atoms with Crippen molar-refractivity contribution in [3.05, 3.63) is 28.9 Å². The Hall–Kier alpha value is -1.60. The third kappa shape index (κ3) is 3.19. The molecule has 1 aliphatic rings. The number of aliphatic carboxylic acids is 1. The Morgan fingerprint density at radius 2 is 2.29 bits per heavy atom. The maximum atomic E-state index is 12.4. The molecule has 1 saturated heterocycles. The van der Waals surface area contributed by atoms with Gasteiger partial charge in [0.1, 0.15) is 4.32 Å². The Bertz CT molecular complexity index is 621. The fourth-order valence-electron chi connectivity index (χ4n) is 2.13. The number of hydrogen-bond donors (Lipinski definition) is 0. The molecule has 0 aliphatic carbocycles.